The lowest BCUT2D eigenvalue weighted by molar-refractivity contribution is -0.129. The Morgan fingerprint density at radius 1 is 1.28 bits per heavy atom. The van der Waals surface area contributed by atoms with Gasteiger partial charge < -0.3 is 9.64 Å². The molecule has 1 aliphatic heterocycles. The first-order chi connectivity index (χ1) is 8.38. The van der Waals surface area contributed by atoms with Crippen LogP contribution in [-0.4, -0.2) is 35.0 Å². The Bertz CT molecular complexity index is 345. The van der Waals surface area contributed by atoms with Crippen LogP contribution >= 0.6 is 0 Å². The van der Waals surface area contributed by atoms with Crippen molar-refractivity contribution in [3.63, 3.8) is 0 Å². The zero-order chi connectivity index (χ0) is 13.3. The zero-order valence-electron chi connectivity index (χ0n) is 11.6. The maximum absolute atomic E-state index is 12.2. The van der Waals surface area contributed by atoms with Gasteiger partial charge in [-0.15, -0.1) is 0 Å². The summed E-state index contributed by atoms with van der Waals surface area (Å²) < 4.78 is 5.44. The van der Waals surface area contributed by atoms with Crippen molar-refractivity contribution in [1.29, 1.82) is 0 Å². The topological polar surface area (TPSA) is 46.6 Å². The van der Waals surface area contributed by atoms with Crippen molar-refractivity contribution in [2.45, 2.75) is 64.5 Å². The highest BCUT2D eigenvalue weighted by atomic mass is 16.6. The minimum absolute atomic E-state index is 0.0556. The number of amides is 1. The summed E-state index contributed by atoms with van der Waals surface area (Å²) in [5.74, 6) is 0.388. The van der Waals surface area contributed by atoms with E-state index >= 15 is 0 Å². The Morgan fingerprint density at radius 3 is 2.67 bits per heavy atom. The number of ketones is 1. The van der Waals surface area contributed by atoms with Gasteiger partial charge in [-0.25, -0.2) is 4.79 Å². The van der Waals surface area contributed by atoms with E-state index in [4.69, 9.17) is 4.74 Å². The van der Waals surface area contributed by atoms with Crippen LogP contribution in [0.5, 0.6) is 0 Å². The van der Waals surface area contributed by atoms with Crippen LogP contribution in [-0.2, 0) is 9.53 Å². The second-order valence-corrected chi connectivity index (χ2v) is 6.35. The van der Waals surface area contributed by atoms with E-state index in [9.17, 15) is 9.59 Å². The first kappa shape index (κ1) is 13.4. The third-order valence-corrected chi connectivity index (χ3v) is 3.74. The lowest BCUT2D eigenvalue weighted by Crippen LogP contribution is -2.53. The smallest absolute Gasteiger partial charge is 0.410 e. The molecule has 18 heavy (non-hydrogen) atoms. The predicted octanol–water partition coefficient (Wildman–Crippen LogP) is 2.76. The molecule has 2 unspecified atom stereocenters. The Balaban J connectivity index is 2.07. The van der Waals surface area contributed by atoms with Gasteiger partial charge in [0.25, 0.3) is 0 Å². The van der Waals surface area contributed by atoms with Crippen molar-refractivity contribution in [1.82, 2.24) is 4.90 Å². The number of ether oxygens (including phenoxy) is 1. The number of Topliss-reactive ketones (excluding diaryl/α,β-unsaturated/α-hetero) is 1. The fourth-order valence-electron chi connectivity index (χ4n) is 3.01. The van der Waals surface area contributed by atoms with Crippen LogP contribution in [0.1, 0.15) is 52.9 Å². The van der Waals surface area contributed by atoms with Gasteiger partial charge >= 0.3 is 6.09 Å². The maximum atomic E-state index is 12.2. The molecule has 1 aliphatic carbocycles. The number of nitrogens with zero attached hydrogens (tertiary/aromatic N) is 1. The average molecular weight is 253 g/mol. The molecule has 2 fully saturated rings. The molecule has 102 valence electrons. The molecule has 0 spiro atoms. The molecule has 1 heterocycles. The summed E-state index contributed by atoms with van der Waals surface area (Å²) >= 11 is 0. The Morgan fingerprint density at radius 2 is 2.00 bits per heavy atom. The van der Waals surface area contributed by atoms with E-state index in [-0.39, 0.29) is 18.1 Å². The number of fused-ring (bicyclic) bond motifs is 1. The fraction of sp³-hybridized carbons (Fsp3) is 0.857. The molecule has 1 saturated carbocycles. The van der Waals surface area contributed by atoms with Gasteiger partial charge in [0, 0.05) is 24.9 Å². The molecule has 1 saturated heterocycles. The molecule has 2 aliphatic rings. The van der Waals surface area contributed by atoms with Crippen LogP contribution < -0.4 is 0 Å². The highest BCUT2D eigenvalue weighted by Gasteiger charge is 2.41. The molecule has 0 radical (unpaired) electrons. The largest absolute Gasteiger partial charge is 0.444 e. The standard InChI is InChI=1S/C14H23NO3/c1-14(2,3)18-13(17)15-9-5-6-10-11(15)7-4-8-12(10)16/h10-11H,4-9H2,1-3H3. The summed E-state index contributed by atoms with van der Waals surface area (Å²) in [7, 11) is 0. The second-order valence-electron chi connectivity index (χ2n) is 6.35. The minimum Gasteiger partial charge on any atom is -0.444 e. The van der Waals surface area contributed by atoms with Gasteiger partial charge in [-0.1, -0.05) is 0 Å². The molecule has 2 atom stereocenters. The number of hydrogen-bond acceptors (Lipinski definition) is 3. The molecule has 4 heteroatoms. The van der Waals surface area contributed by atoms with Crippen LogP contribution in [0.15, 0.2) is 0 Å². The third-order valence-electron chi connectivity index (χ3n) is 3.74. The zero-order valence-corrected chi connectivity index (χ0v) is 11.6. The van der Waals surface area contributed by atoms with Crippen molar-refractivity contribution in [2.75, 3.05) is 6.54 Å². The first-order valence-electron chi connectivity index (χ1n) is 6.91. The van der Waals surface area contributed by atoms with Gasteiger partial charge in [0.05, 0.1) is 0 Å². The fourth-order valence-corrected chi connectivity index (χ4v) is 3.01. The first-order valence-corrected chi connectivity index (χ1v) is 6.91. The highest BCUT2D eigenvalue weighted by Crippen LogP contribution is 2.33. The van der Waals surface area contributed by atoms with Gasteiger partial charge in [-0.3, -0.25) is 4.79 Å². The van der Waals surface area contributed by atoms with Crippen molar-refractivity contribution in [3.8, 4) is 0 Å². The number of rotatable bonds is 0. The Kier molecular flexibility index (Phi) is 3.64. The molecular formula is C14H23NO3. The van der Waals surface area contributed by atoms with Gasteiger partial charge in [0.15, 0.2) is 0 Å². The SMILES string of the molecule is CC(C)(C)OC(=O)N1CCCC2C(=O)CCCC21. The highest BCUT2D eigenvalue weighted by molar-refractivity contribution is 5.83. The number of likely N-dealkylation sites (tertiary alicyclic amines) is 1. The van der Waals surface area contributed by atoms with E-state index in [0.29, 0.717) is 12.2 Å². The Labute approximate surface area is 109 Å². The normalized spacial score (nSPS) is 28.8. The maximum Gasteiger partial charge on any atom is 0.410 e. The lowest BCUT2D eigenvalue weighted by Gasteiger charge is -2.43. The van der Waals surface area contributed by atoms with E-state index in [1.165, 1.54) is 0 Å². The van der Waals surface area contributed by atoms with E-state index in [1.54, 1.807) is 4.90 Å². The minimum atomic E-state index is -0.470. The number of carbonyl (C=O) groups is 2. The van der Waals surface area contributed by atoms with E-state index in [1.807, 2.05) is 20.8 Å². The predicted molar refractivity (Wildman–Crippen MR) is 68.3 cm³/mol. The monoisotopic (exact) mass is 253 g/mol. The van der Waals surface area contributed by atoms with Crippen LogP contribution in [0.25, 0.3) is 0 Å². The van der Waals surface area contributed by atoms with Gasteiger partial charge in [-0.2, -0.15) is 0 Å². The average Bonchev–Trinajstić information content (AvgIpc) is 2.26. The molecule has 0 aromatic rings. The third kappa shape index (κ3) is 2.85. The van der Waals surface area contributed by atoms with E-state index in [0.717, 1.165) is 32.2 Å². The molecule has 1 amide bonds. The number of carbonyl (C=O) groups excluding carboxylic acids is 2. The molecule has 4 nitrogen and oxygen atoms in total. The van der Waals surface area contributed by atoms with Crippen LogP contribution in [0.3, 0.4) is 0 Å². The summed E-state index contributed by atoms with van der Waals surface area (Å²) in [6, 6.07) is 0.0786. The van der Waals surface area contributed by atoms with Gasteiger partial charge in [0.2, 0.25) is 0 Å². The number of hydrogen-bond donors (Lipinski definition) is 0. The summed E-state index contributed by atoms with van der Waals surface area (Å²) in [4.78, 5) is 25.9. The van der Waals surface area contributed by atoms with E-state index < -0.39 is 5.60 Å². The molecule has 0 aromatic carbocycles. The summed E-state index contributed by atoms with van der Waals surface area (Å²) in [5, 5.41) is 0. The number of piperidine rings is 1. The van der Waals surface area contributed by atoms with Crippen molar-refractivity contribution in [2.24, 2.45) is 5.92 Å². The van der Waals surface area contributed by atoms with Crippen LogP contribution in [0.2, 0.25) is 0 Å². The molecule has 2 rings (SSSR count). The van der Waals surface area contributed by atoms with E-state index in [2.05, 4.69) is 0 Å². The Hall–Kier alpha value is -1.06. The summed E-state index contributed by atoms with van der Waals surface area (Å²) in [6.45, 7) is 6.35. The second kappa shape index (κ2) is 4.90. The molecule has 0 N–H and O–H groups in total. The molecule has 0 aromatic heterocycles. The van der Waals surface area contributed by atoms with Crippen LogP contribution in [0.4, 0.5) is 4.79 Å². The van der Waals surface area contributed by atoms with Gasteiger partial charge in [-0.05, 0) is 46.5 Å². The van der Waals surface area contributed by atoms with Gasteiger partial charge in [0.1, 0.15) is 11.4 Å². The van der Waals surface area contributed by atoms with Crippen molar-refractivity contribution < 1.29 is 14.3 Å². The lowest BCUT2D eigenvalue weighted by atomic mass is 9.77. The molecular weight excluding hydrogens is 230 g/mol. The summed E-state index contributed by atoms with van der Waals surface area (Å²) in [5.41, 5.74) is -0.470. The molecule has 0 bridgehead atoms. The quantitative estimate of drug-likeness (QED) is 0.667. The van der Waals surface area contributed by atoms with Crippen molar-refractivity contribution in [3.05, 3.63) is 0 Å². The summed E-state index contributed by atoms with van der Waals surface area (Å²) in [6.07, 6.45) is 4.11. The van der Waals surface area contributed by atoms with Crippen molar-refractivity contribution >= 4 is 11.9 Å². The van der Waals surface area contributed by atoms with Crippen LogP contribution in [0, 0.1) is 5.92 Å².